The highest BCUT2D eigenvalue weighted by molar-refractivity contribution is 7.00. The van der Waals surface area contributed by atoms with Crippen molar-refractivity contribution in [1.82, 2.24) is 8.80 Å². The van der Waals surface area contributed by atoms with Crippen LogP contribution >= 0.6 is 0 Å². The van der Waals surface area contributed by atoms with Gasteiger partial charge in [0.25, 0.3) is 13.4 Å². The molecule has 0 N–H and O–H groups in total. The van der Waals surface area contributed by atoms with Crippen molar-refractivity contribution in [3.63, 3.8) is 0 Å². The third-order valence-electron chi connectivity index (χ3n) is 22.6. The smallest absolute Gasteiger partial charge is 0.270 e. The van der Waals surface area contributed by atoms with E-state index in [-0.39, 0.29) is 24.3 Å². The summed E-state index contributed by atoms with van der Waals surface area (Å²) in [6.07, 6.45) is 0. The van der Waals surface area contributed by atoms with Gasteiger partial charge < -0.3 is 37.2 Å². The summed E-state index contributed by atoms with van der Waals surface area (Å²) in [7, 11) is 0. The number of hydrogen-bond acceptors (Lipinski definition) is 6. The Hall–Kier alpha value is -12.4. The van der Waals surface area contributed by atoms with Gasteiger partial charge in [-0.15, -0.1) is 0 Å². The molecule has 18 aromatic rings. The average Bonchev–Trinajstić information content (AvgIpc) is 1.68. The van der Waals surface area contributed by atoms with E-state index in [0.717, 1.165) is 124 Å². The van der Waals surface area contributed by atoms with Gasteiger partial charge in [0.2, 0.25) is 0 Å². The van der Waals surface area contributed by atoms with Gasteiger partial charge in [0.15, 0.2) is 0 Å². The van der Waals surface area contributed by atoms with Crippen LogP contribution in [-0.2, 0) is 10.8 Å². The summed E-state index contributed by atoms with van der Waals surface area (Å²) >= 11 is 0. The number of ether oxygens (including phenoxy) is 6. The lowest BCUT2D eigenvalue weighted by molar-refractivity contribution is 0.442. The number of aromatic nitrogens is 2. The predicted octanol–water partition coefficient (Wildman–Crippen LogP) is 20.6. The van der Waals surface area contributed by atoms with Crippen LogP contribution in [0.4, 0.5) is 0 Å². The van der Waals surface area contributed by atoms with Crippen molar-refractivity contribution in [2.75, 3.05) is 0 Å². The largest absolute Gasteiger partial charge is 0.458 e. The second kappa shape index (κ2) is 19.7. The summed E-state index contributed by atoms with van der Waals surface area (Å²) < 4.78 is 44.6. The van der Waals surface area contributed by atoms with E-state index in [2.05, 4.69) is 232 Å². The van der Waals surface area contributed by atoms with Gasteiger partial charge in [-0.2, -0.15) is 0 Å². The van der Waals surface area contributed by atoms with E-state index in [1.54, 1.807) is 0 Å². The molecule has 6 aliphatic rings. The second-order valence-electron chi connectivity index (χ2n) is 30.5. The first-order valence-electron chi connectivity index (χ1n) is 35.4. The molecule has 10 heterocycles. The molecule has 480 valence electrons. The molecule has 0 aliphatic carbocycles. The highest BCUT2D eigenvalue weighted by atomic mass is 16.5. The molecule has 0 radical (unpaired) electrons. The number of nitrogens with zero attached hydrogens (tertiary/aromatic N) is 2. The summed E-state index contributed by atoms with van der Waals surface area (Å²) in [6.45, 7) is 13.9. The molecule has 0 saturated heterocycles. The SMILES string of the molecule is CC(C)(C)c1c(-c2cc3c4c(c2)Oc2cccc5c2B4c2c(cccc2O3)O5)cccc1-c1cc2c3c(c1)Oc1cccc4c1B3c1c(cccc1O2)O4.CC(C)(C)c1c(-c2cc3c4ccccc4n4c5ccccc5c(c2)c34)cccc1-c1cc2c3ccccc3n3c4ccccc4c(c1)c23. The first-order chi connectivity index (χ1) is 49.8. The molecule has 4 aromatic heterocycles. The topological polar surface area (TPSA) is 64.2 Å². The van der Waals surface area contributed by atoms with Crippen LogP contribution < -0.4 is 61.2 Å². The van der Waals surface area contributed by atoms with Gasteiger partial charge in [-0.25, -0.2) is 0 Å². The van der Waals surface area contributed by atoms with Crippen molar-refractivity contribution in [1.29, 1.82) is 0 Å². The van der Waals surface area contributed by atoms with Gasteiger partial charge >= 0.3 is 0 Å². The van der Waals surface area contributed by atoms with E-state index in [1.807, 2.05) is 72.8 Å². The predicted molar refractivity (Wildman–Crippen MR) is 417 cm³/mol. The number of para-hydroxylation sites is 4. The molecule has 10 heteroatoms. The van der Waals surface area contributed by atoms with Crippen molar-refractivity contribution >= 4 is 122 Å². The molecule has 24 rings (SSSR count). The summed E-state index contributed by atoms with van der Waals surface area (Å²) in [5.41, 5.74) is 25.7. The second-order valence-corrected chi connectivity index (χ2v) is 30.5. The van der Waals surface area contributed by atoms with Crippen molar-refractivity contribution in [2.24, 2.45) is 0 Å². The molecular formula is C92H60B2N2O6. The van der Waals surface area contributed by atoms with Gasteiger partial charge in [0.1, 0.15) is 69.0 Å². The standard InChI is InChI=1S/C46H28B2O6.C46H32N2/c1-46(2,3)39-25(23-19-35-44-36(20-23)52-32-16-6-12-28-41(32)47(44)40-27(49-28)11-5-15-31(40)51-35)9-4-10-26(39)24-21-37-45-38(22-24)54-34-18-8-14-30-43(34)48(45)42-29(50-30)13-7-17-33(42)53-37;1-46(2,3)43-29(27-23-35-31-13-4-8-19-39(31)47-40-20-9-5-14-32(40)36(24-27)44(35)47)17-12-18-30(43)28-25-37-33-15-6-10-21-41(33)48-42-22-11-7-16-34(42)38(26-28)45(37)48/h4-22H,1-3H3;4-26H,1-3H3. The quantitative estimate of drug-likeness (QED) is 0.164. The number of fused-ring (bicyclic) bond motifs is 12. The van der Waals surface area contributed by atoms with E-state index in [4.69, 9.17) is 28.4 Å². The molecule has 14 aromatic carbocycles. The minimum absolute atomic E-state index is 0.0308. The monoisotopic (exact) mass is 1310 g/mol. The highest BCUT2D eigenvalue weighted by Gasteiger charge is 2.49. The van der Waals surface area contributed by atoms with Crippen LogP contribution in [0.15, 0.2) is 255 Å². The highest BCUT2D eigenvalue weighted by Crippen LogP contribution is 2.52. The van der Waals surface area contributed by atoms with E-state index in [0.29, 0.717) is 0 Å². The first-order valence-corrected chi connectivity index (χ1v) is 35.4. The molecule has 8 nitrogen and oxygen atoms in total. The summed E-state index contributed by atoms with van der Waals surface area (Å²) in [5, 5.41) is 10.5. The van der Waals surface area contributed by atoms with Crippen LogP contribution in [0.2, 0.25) is 0 Å². The van der Waals surface area contributed by atoms with Crippen LogP contribution in [-0.4, -0.2) is 22.2 Å². The average molecular weight is 1310 g/mol. The molecule has 0 fully saturated rings. The number of benzene rings is 14. The van der Waals surface area contributed by atoms with E-state index < -0.39 is 0 Å². The van der Waals surface area contributed by atoms with E-state index in [1.165, 1.54) is 110 Å². The van der Waals surface area contributed by atoms with Crippen LogP contribution in [0.3, 0.4) is 0 Å². The van der Waals surface area contributed by atoms with Gasteiger partial charge in [-0.1, -0.05) is 175 Å². The Bertz CT molecular complexity index is 6120. The third-order valence-corrected chi connectivity index (χ3v) is 22.6. The molecule has 0 saturated carbocycles. The van der Waals surface area contributed by atoms with Crippen LogP contribution in [0.1, 0.15) is 52.7 Å². The first kappa shape index (κ1) is 56.5. The Morgan fingerprint density at radius 3 is 0.696 bits per heavy atom. The maximum atomic E-state index is 6.73. The van der Waals surface area contributed by atoms with Crippen molar-refractivity contribution in [3.05, 3.63) is 266 Å². The van der Waals surface area contributed by atoms with Crippen LogP contribution in [0.25, 0.3) is 121 Å². The molecule has 0 unspecified atom stereocenters. The zero-order valence-electron chi connectivity index (χ0n) is 56.7. The minimum Gasteiger partial charge on any atom is -0.458 e. The summed E-state index contributed by atoms with van der Waals surface area (Å²) in [4.78, 5) is 0. The maximum Gasteiger partial charge on any atom is 0.270 e. The summed E-state index contributed by atoms with van der Waals surface area (Å²) in [6, 6.07) is 91.8. The molecule has 102 heavy (non-hydrogen) atoms. The molecule has 0 amide bonds. The molecule has 6 aliphatic heterocycles. The van der Waals surface area contributed by atoms with E-state index in [9.17, 15) is 0 Å². The van der Waals surface area contributed by atoms with Crippen molar-refractivity contribution < 1.29 is 28.4 Å². The Morgan fingerprint density at radius 1 is 0.225 bits per heavy atom. The van der Waals surface area contributed by atoms with Crippen LogP contribution in [0.5, 0.6) is 69.0 Å². The molecule has 0 atom stereocenters. The minimum atomic E-state index is -0.247. The number of rotatable bonds is 4. The van der Waals surface area contributed by atoms with Gasteiger partial charge in [-0.05, 0) is 188 Å². The summed E-state index contributed by atoms with van der Waals surface area (Å²) in [5.74, 6) is 9.78. The Morgan fingerprint density at radius 2 is 0.441 bits per heavy atom. The van der Waals surface area contributed by atoms with E-state index >= 15 is 0 Å². The zero-order valence-corrected chi connectivity index (χ0v) is 56.7. The Kier molecular flexibility index (Phi) is 10.9. The maximum absolute atomic E-state index is 6.73. The molecule has 0 spiro atoms. The van der Waals surface area contributed by atoms with Crippen molar-refractivity contribution in [2.45, 2.75) is 52.4 Å². The lowest BCUT2D eigenvalue weighted by Gasteiger charge is -2.38. The normalized spacial score (nSPS) is 13.8. The third kappa shape index (κ3) is 7.52. The van der Waals surface area contributed by atoms with Crippen LogP contribution in [0, 0.1) is 0 Å². The fourth-order valence-electron chi connectivity index (χ4n) is 18.8. The fourth-order valence-corrected chi connectivity index (χ4v) is 18.8. The lowest BCUT2D eigenvalue weighted by atomic mass is 9.34. The zero-order chi connectivity index (χ0) is 67.5. The van der Waals surface area contributed by atoms with Gasteiger partial charge in [-0.3, -0.25) is 0 Å². The number of hydrogen-bond donors (Lipinski definition) is 0. The van der Waals surface area contributed by atoms with Gasteiger partial charge in [0.05, 0.1) is 33.1 Å². The Labute approximate surface area is 587 Å². The molecule has 0 bridgehead atoms. The van der Waals surface area contributed by atoms with Gasteiger partial charge in [0, 0.05) is 75.9 Å². The Balaban J connectivity index is 0.000000127. The fraction of sp³-hybridized carbons (Fsp3) is 0.0870. The lowest BCUT2D eigenvalue weighted by Crippen LogP contribution is -2.59. The molecular weight excluding hydrogens is 1250 g/mol. The van der Waals surface area contributed by atoms with Crippen molar-refractivity contribution in [3.8, 4) is 114 Å².